The number of furan rings is 1. The van der Waals surface area contributed by atoms with E-state index in [2.05, 4.69) is 10.2 Å². The van der Waals surface area contributed by atoms with Gasteiger partial charge in [0.2, 0.25) is 5.91 Å². The molecule has 3 heterocycles. The second-order valence-corrected chi connectivity index (χ2v) is 5.23. The van der Waals surface area contributed by atoms with Crippen LogP contribution in [-0.2, 0) is 11.3 Å². The lowest BCUT2D eigenvalue weighted by molar-refractivity contribution is -0.130. The number of rotatable bonds is 2. The molecular weight excluding hydrogens is 216 g/mol. The maximum atomic E-state index is 11.9. The van der Waals surface area contributed by atoms with Gasteiger partial charge < -0.3 is 9.73 Å². The number of likely N-dealkylation sites (tertiary alicyclic amines) is 1. The van der Waals surface area contributed by atoms with Crippen LogP contribution in [0.3, 0.4) is 0 Å². The Hall–Kier alpha value is -1.29. The Labute approximate surface area is 101 Å². The van der Waals surface area contributed by atoms with Gasteiger partial charge in [-0.2, -0.15) is 0 Å². The van der Waals surface area contributed by atoms with Crippen LogP contribution in [-0.4, -0.2) is 30.4 Å². The topological polar surface area (TPSA) is 45.5 Å². The minimum atomic E-state index is -0.109. The molecule has 0 unspecified atom stereocenters. The predicted octanol–water partition coefficient (Wildman–Crippen LogP) is 1.38. The number of carbonyl (C=O) groups is 1. The zero-order valence-electron chi connectivity index (χ0n) is 9.95. The van der Waals surface area contributed by atoms with E-state index < -0.39 is 0 Å². The zero-order chi connectivity index (χ0) is 11.7. The first-order valence-corrected chi connectivity index (χ1v) is 6.30. The summed E-state index contributed by atoms with van der Waals surface area (Å²) >= 11 is 0. The highest BCUT2D eigenvalue weighted by molar-refractivity contribution is 5.85. The Morgan fingerprint density at radius 3 is 3.12 bits per heavy atom. The van der Waals surface area contributed by atoms with Crippen molar-refractivity contribution in [2.75, 3.05) is 19.6 Å². The number of nitrogens with one attached hydrogen (secondary N) is 1. The van der Waals surface area contributed by atoms with Gasteiger partial charge in [-0.3, -0.25) is 9.69 Å². The Morgan fingerprint density at radius 2 is 2.41 bits per heavy atom. The first kappa shape index (κ1) is 10.8. The number of amides is 1. The van der Waals surface area contributed by atoms with Gasteiger partial charge in [0.15, 0.2) is 0 Å². The third-order valence-electron chi connectivity index (χ3n) is 4.01. The minimum absolute atomic E-state index is 0.109. The van der Waals surface area contributed by atoms with Gasteiger partial charge in [0.05, 0.1) is 17.9 Å². The molecule has 2 fully saturated rings. The number of hydrogen-bond acceptors (Lipinski definition) is 3. The van der Waals surface area contributed by atoms with Gasteiger partial charge in [-0.1, -0.05) is 0 Å². The van der Waals surface area contributed by atoms with Crippen LogP contribution in [0.1, 0.15) is 24.8 Å². The number of nitrogens with zero attached hydrogens (tertiary/aromatic N) is 1. The maximum absolute atomic E-state index is 11.9. The Kier molecular flexibility index (Phi) is 2.67. The molecule has 92 valence electrons. The second-order valence-electron chi connectivity index (χ2n) is 5.23. The van der Waals surface area contributed by atoms with Crippen molar-refractivity contribution in [2.24, 2.45) is 5.41 Å². The van der Waals surface area contributed by atoms with E-state index in [1.165, 1.54) is 5.56 Å². The molecule has 0 saturated carbocycles. The highest BCUT2D eigenvalue weighted by atomic mass is 16.3. The van der Waals surface area contributed by atoms with Crippen molar-refractivity contribution in [1.29, 1.82) is 0 Å². The zero-order valence-corrected chi connectivity index (χ0v) is 9.95. The van der Waals surface area contributed by atoms with Crippen LogP contribution >= 0.6 is 0 Å². The van der Waals surface area contributed by atoms with Gasteiger partial charge in [0.25, 0.3) is 0 Å². The molecule has 1 N–H and O–H groups in total. The summed E-state index contributed by atoms with van der Waals surface area (Å²) in [6.07, 6.45) is 6.65. The molecular formula is C13H18N2O2. The first-order chi connectivity index (χ1) is 8.28. The van der Waals surface area contributed by atoms with Gasteiger partial charge in [-0.15, -0.1) is 0 Å². The lowest BCUT2D eigenvalue weighted by Crippen LogP contribution is -2.46. The quantitative estimate of drug-likeness (QED) is 0.841. The van der Waals surface area contributed by atoms with E-state index >= 15 is 0 Å². The van der Waals surface area contributed by atoms with E-state index in [1.807, 2.05) is 6.07 Å². The third kappa shape index (κ3) is 1.97. The molecule has 4 heteroatoms. The SMILES string of the molecule is O=C1NCC[C@@]12CCCN(Cc1ccoc1)C2. The summed E-state index contributed by atoms with van der Waals surface area (Å²) in [7, 11) is 0. The fraction of sp³-hybridized carbons (Fsp3) is 0.615. The van der Waals surface area contributed by atoms with Crippen molar-refractivity contribution in [2.45, 2.75) is 25.8 Å². The molecule has 1 aromatic rings. The molecule has 1 aromatic heterocycles. The smallest absolute Gasteiger partial charge is 0.227 e. The molecule has 0 bridgehead atoms. The number of carbonyl (C=O) groups excluding carboxylic acids is 1. The maximum Gasteiger partial charge on any atom is 0.227 e. The molecule has 1 atom stereocenters. The van der Waals surface area contributed by atoms with Crippen molar-refractivity contribution >= 4 is 5.91 Å². The molecule has 0 aliphatic carbocycles. The van der Waals surface area contributed by atoms with E-state index in [4.69, 9.17) is 4.42 Å². The third-order valence-corrected chi connectivity index (χ3v) is 4.01. The summed E-state index contributed by atoms with van der Waals surface area (Å²) in [6, 6.07) is 2.00. The van der Waals surface area contributed by atoms with E-state index in [9.17, 15) is 4.79 Å². The molecule has 1 spiro atoms. The van der Waals surface area contributed by atoms with Crippen LogP contribution in [0.25, 0.3) is 0 Å². The standard InChI is InChI=1S/C13H18N2O2/c16-12-13(4-5-14-12)3-1-6-15(10-13)8-11-2-7-17-9-11/h2,7,9H,1,3-6,8,10H2,(H,14,16)/t13-/m1/s1. The number of piperidine rings is 1. The predicted molar refractivity (Wildman–Crippen MR) is 63.3 cm³/mol. The van der Waals surface area contributed by atoms with Crippen molar-refractivity contribution in [1.82, 2.24) is 10.2 Å². The first-order valence-electron chi connectivity index (χ1n) is 6.30. The van der Waals surface area contributed by atoms with Gasteiger partial charge in [0.1, 0.15) is 0 Å². The highest BCUT2D eigenvalue weighted by Gasteiger charge is 2.44. The average molecular weight is 234 g/mol. The van der Waals surface area contributed by atoms with Crippen LogP contribution in [0.4, 0.5) is 0 Å². The Balaban J connectivity index is 1.69. The second kappa shape index (κ2) is 4.18. The molecule has 4 nitrogen and oxygen atoms in total. The lowest BCUT2D eigenvalue weighted by atomic mass is 9.78. The summed E-state index contributed by atoms with van der Waals surface area (Å²) in [4.78, 5) is 14.3. The van der Waals surface area contributed by atoms with E-state index in [-0.39, 0.29) is 11.3 Å². The summed E-state index contributed by atoms with van der Waals surface area (Å²) in [6.45, 7) is 3.72. The van der Waals surface area contributed by atoms with E-state index in [1.54, 1.807) is 12.5 Å². The highest BCUT2D eigenvalue weighted by Crippen LogP contribution is 2.36. The van der Waals surface area contributed by atoms with Crippen molar-refractivity contribution in [3.63, 3.8) is 0 Å². The van der Waals surface area contributed by atoms with Gasteiger partial charge in [-0.25, -0.2) is 0 Å². The van der Waals surface area contributed by atoms with Crippen LogP contribution in [0.2, 0.25) is 0 Å². The molecule has 2 aliphatic rings. The molecule has 0 radical (unpaired) electrons. The molecule has 17 heavy (non-hydrogen) atoms. The fourth-order valence-electron chi connectivity index (χ4n) is 3.11. The normalized spacial score (nSPS) is 29.8. The summed E-state index contributed by atoms with van der Waals surface area (Å²) in [5.74, 6) is 0.259. The fourth-order valence-corrected chi connectivity index (χ4v) is 3.11. The molecule has 2 saturated heterocycles. The Bertz CT molecular complexity index is 402. The summed E-state index contributed by atoms with van der Waals surface area (Å²) in [5.41, 5.74) is 1.09. The van der Waals surface area contributed by atoms with E-state index in [0.29, 0.717) is 0 Å². The summed E-state index contributed by atoms with van der Waals surface area (Å²) in [5, 5.41) is 2.98. The van der Waals surface area contributed by atoms with Crippen LogP contribution in [0.5, 0.6) is 0 Å². The monoisotopic (exact) mass is 234 g/mol. The van der Waals surface area contributed by atoms with Crippen molar-refractivity contribution < 1.29 is 9.21 Å². The summed E-state index contributed by atoms with van der Waals surface area (Å²) < 4.78 is 5.09. The molecule has 0 aromatic carbocycles. The largest absolute Gasteiger partial charge is 0.472 e. The lowest BCUT2D eigenvalue weighted by Gasteiger charge is -2.38. The molecule has 1 amide bonds. The molecule has 2 aliphatic heterocycles. The molecule has 3 rings (SSSR count). The van der Waals surface area contributed by atoms with Gasteiger partial charge in [-0.05, 0) is 31.9 Å². The van der Waals surface area contributed by atoms with Crippen LogP contribution < -0.4 is 5.32 Å². The van der Waals surface area contributed by atoms with Crippen molar-refractivity contribution in [3.05, 3.63) is 24.2 Å². The van der Waals surface area contributed by atoms with Gasteiger partial charge >= 0.3 is 0 Å². The average Bonchev–Trinajstić information content (AvgIpc) is 2.92. The number of hydrogen-bond donors (Lipinski definition) is 1. The van der Waals surface area contributed by atoms with Crippen LogP contribution in [0, 0.1) is 5.41 Å². The Morgan fingerprint density at radius 1 is 1.47 bits per heavy atom. The minimum Gasteiger partial charge on any atom is -0.472 e. The van der Waals surface area contributed by atoms with Gasteiger partial charge in [0, 0.05) is 25.2 Å². The van der Waals surface area contributed by atoms with E-state index in [0.717, 1.165) is 45.4 Å². The van der Waals surface area contributed by atoms with Crippen LogP contribution in [0.15, 0.2) is 23.0 Å². The van der Waals surface area contributed by atoms with Crippen molar-refractivity contribution in [3.8, 4) is 0 Å².